The van der Waals surface area contributed by atoms with Crippen LogP contribution in [0, 0.1) is 0 Å². The minimum Gasteiger partial charge on any atom is -0.481 e. The Morgan fingerprint density at radius 3 is 2.94 bits per heavy atom. The number of carboxylic acids is 1. The summed E-state index contributed by atoms with van der Waals surface area (Å²) in [5, 5.41) is 14.6. The van der Waals surface area contributed by atoms with Gasteiger partial charge in [-0.25, -0.2) is 4.98 Å². The zero-order valence-corrected chi connectivity index (χ0v) is 10.3. The molecular weight excluding hydrogens is 260 g/mol. The van der Waals surface area contributed by atoms with Gasteiger partial charge in [-0.2, -0.15) is 0 Å². The van der Waals surface area contributed by atoms with Crippen LogP contribution in [0.25, 0.3) is 0 Å². The van der Waals surface area contributed by atoms with E-state index in [4.69, 9.17) is 16.7 Å². The molecule has 4 nitrogen and oxygen atoms in total. The lowest BCUT2D eigenvalue weighted by molar-refractivity contribution is -0.136. The highest BCUT2D eigenvalue weighted by molar-refractivity contribution is 7.13. The molecule has 0 saturated carbocycles. The number of nitrogens with zero attached hydrogens (tertiary/aromatic N) is 1. The van der Waals surface area contributed by atoms with E-state index in [1.165, 1.54) is 11.3 Å². The van der Waals surface area contributed by atoms with Gasteiger partial charge in [0.25, 0.3) is 0 Å². The molecule has 0 aliphatic carbocycles. The first-order valence-electron chi connectivity index (χ1n) is 4.83. The molecule has 0 saturated heterocycles. The van der Waals surface area contributed by atoms with Crippen molar-refractivity contribution in [3.63, 3.8) is 0 Å². The third-order valence-corrected chi connectivity index (χ3v) is 3.14. The van der Waals surface area contributed by atoms with Gasteiger partial charge in [0.05, 0.1) is 22.8 Å². The normalized spacial score (nSPS) is 10.2. The van der Waals surface area contributed by atoms with Gasteiger partial charge in [0.15, 0.2) is 5.13 Å². The maximum absolute atomic E-state index is 10.5. The molecular formula is C11H9ClN2O2S. The molecule has 1 aromatic carbocycles. The van der Waals surface area contributed by atoms with E-state index in [0.29, 0.717) is 15.8 Å². The first kappa shape index (κ1) is 11.9. The van der Waals surface area contributed by atoms with Crippen LogP contribution >= 0.6 is 22.9 Å². The summed E-state index contributed by atoms with van der Waals surface area (Å²) >= 11 is 7.34. The fourth-order valence-corrected chi connectivity index (χ4v) is 2.18. The van der Waals surface area contributed by atoms with E-state index in [0.717, 1.165) is 5.69 Å². The maximum atomic E-state index is 10.5. The van der Waals surface area contributed by atoms with Crippen molar-refractivity contribution in [1.82, 2.24) is 4.98 Å². The summed E-state index contributed by atoms with van der Waals surface area (Å²) in [7, 11) is 0. The fraction of sp³-hybridized carbons (Fsp3) is 0.0909. The quantitative estimate of drug-likeness (QED) is 0.894. The second-order valence-electron chi connectivity index (χ2n) is 3.32. The van der Waals surface area contributed by atoms with Crippen molar-refractivity contribution < 1.29 is 9.90 Å². The number of carboxylic acid groups (broad SMARTS) is 1. The average Bonchev–Trinajstić information content (AvgIpc) is 2.68. The van der Waals surface area contributed by atoms with Gasteiger partial charge in [-0.15, -0.1) is 11.3 Å². The molecule has 88 valence electrons. The van der Waals surface area contributed by atoms with Crippen LogP contribution in [0.15, 0.2) is 29.6 Å². The van der Waals surface area contributed by atoms with Gasteiger partial charge in [0.2, 0.25) is 0 Å². The van der Waals surface area contributed by atoms with Gasteiger partial charge in [-0.05, 0) is 12.1 Å². The van der Waals surface area contributed by atoms with Crippen LogP contribution in [-0.4, -0.2) is 16.1 Å². The lowest BCUT2D eigenvalue weighted by Crippen LogP contribution is -2.00. The lowest BCUT2D eigenvalue weighted by atomic mass is 10.3. The predicted octanol–water partition coefficient (Wildman–Crippen LogP) is 3.17. The highest BCUT2D eigenvalue weighted by Gasteiger charge is 2.07. The molecule has 17 heavy (non-hydrogen) atoms. The summed E-state index contributed by atoms with van der Waals surface area (Å²) in [6, 6.07) is 7.31. The molecule has 0 spiro atoms. The van der Waals surface area contributed by atoms with Crippen molar-refractivity contribution in [1.29, 1.82) is 0 Å². The molecule has 0 unspecified atom stereocenters. The van der Waals surface area contributed by atoms with Crippen molar-refractivity contribution in [3.05, 3.63) is 40.4 Å². The number of thiazole rings is 1. The minimum absolute atomic E-state index is 0.0687. The Kier molecular flexibility index (Phi) is 3.61. The highest BCUT2D eigenvalue weighted by atomic mass is 35.5. The third-order valence-electron chi connectivity index (χ3n) is 2.00. The molecule has 2 rings (SSSR count). The van der Waals surface area contributed by atoms with Crippen molar-refractivity contribution >= 4 is 39.7 Å². The molecule has 2 N–H and O–H groups in total. The van der Waals surface area contributed by atoms with Gasteiger partial charge < -0.3 is 10.4 Å². The number of benzene rings is 1. The molecule has 0 radical (unpaired) electrons. The lowest BCUT2D eigenvalue weighted by Gasteiger charge is -2.03. The Morgan fingerprint density at radius 2 is 2.24 bits per heavy atom. The first-order chi connectivity index (χ1) is 8.15. The predicted molar refractivity (Wildman–Crippen MR) is 68.2 cm³/mol. The van der Waals surface area contributed by atoms with Crippen molar-refractivity contribution in [2.24, 2.45) is 0 Å². The maximum Gasteiger partial charge on any atom is 0.309 e. The van der Waals surface area contributed by atoms with Crippen LogP contribution < -0.4 is 5.32 Å². The van der Waals surface area contributed by atoms with Crippen molar-refractivity contribution in [2.75, 3.05) is 5.32 Å². The summed E-state index contributed by atoms with van der Waals surface area (Å²) in [5.41, 5.74) is 1.29. The summed E-state index contributed by atoms with van der Waals surface area (Å²) in [6.07, 6.45) is -0.0687. The molecule has 0 aliphatic heterocycles. The molecule has 0 atom stereocenters. The van der Waals surface area contributed by atoms with E-state index in [9.17, 15) is 4.79 Å². The van der Waals surface area contributed by atoms with Gasteiger partial charge in [-0.3, -0.25) is 4.79 Å². The number of carbonyl (C=O) groups is 1. The zero-order valence-electron chi connectivity index (χ0n) is 8.68. The van der Waals surface area contributed by atoms with E-state index in [-0.39, 0.29) is 6.42 Å². The van der Waals surface area contributed by atoms with Crippen LogP contribution in [0.2, 0.25) is 5.02 Å². The molecule has 2 aromatic rings. The minimum atomic E-state index is -0.889. The van der Waals surface area contributed by atoms with Crippen molar-refractivity contribution in [2.45, 2.75) is 6.42 Å². The number of para-hydroxylation sites is 1. The summed E-state index contributed by atoms with van der Waals surface area (Å²) in [6.45, 7) is 0. The number of anilines is 2. The van der Waals surface area contributed by atoms with Crippen LogP contribution in [0.5, 0.6) is 0 Å². The molecule has 0 aliphatic rings. The second-order valence-corrected chi connectivity index (χ2v) is 4.58. The molecule has 1 aromatic heterocycles. The van der Waals surface area contributed by atoms with Gasteiger partial charge in [0.1, 0.15) is 0 Å². The average molecular weight is 269 g/mol. The smallest absolute Gasteiger partial charge is 0.309 e. The van der Waals surface area contributed by atoms with Crippen LogP contribution in [-0.2, 0) is 11.2 Å². The SMILES string of the molecule is O=C(O)Cc1csc(Nc2ccccc2Cl)n1. The Morgan fingerprint density at radius 1 is 1.47 bits per heavy atom. The standard InChI is InChI=1S/C11H9ClN2O2S/c12-8-3-1-2-4-9(8)14-11-13-7(6-17-11)5-10(15)16/h1-4,6H,5H2,(H,13,14)(H,15,16). The van der Waals surface area contributed by atoms with E-state index in [1.807, 2.05) is 18.2 Å². The fourth-order valence-electron chi connectivity index (χ4n) is 1.28. The zero-order chi connectivity index (χ0) is 12.3. The number of hydrogen-bond acceptors (Lipinski definition) is 4. The molecule has 0 fully saturated rings. The number of halogens is 1. The molecule has 1 heterocycles. The molecule has 0 amide bonds. The van der Waals surface area contributed by atoms with E-state index in [2.05, 4.69) is 10.3 Å². The Balaban J connectivity index is 2.12. The third kappa shape index (κ3) is 3.18. The van der Waals surface area contributed by atoms with Crippen LogP contribution in [0.4, 0.5) is 10.8 Å². The number of rotatable bonds is 4. The van der Waals surface area contributed by atoms with Gasteiger partial charge in [-0.1, -0.05) is 23.7 Å². The second kappa shape index (κ2) is 5.16. The van der Waals surface area contributed by atoms with E-state index >= 15 is 0 Å². The van der Waals surface area contributed by atoms with Crippen LogP contribution in [0.3, 0.4) is 0 Å². The number of aromatic nitrogens is 1. The topological polar surface area (TPSA) is 62.2 Å². The van der Waals surface area contributed by atoms with Crippen molar-refractivity contribution in [3.8, 4) is 0 Å². The molecule has 0 bridgehead atoms. The largest absolute Gasteiger partial charge is 0.481 e. The Hall–Kier alpha value is -1.59. The van der Waals surface area contributed by atoms with Gasteiger partial charge in [0, 0.05) is 5.38 Å². The molecule has 6 heteroatoms. The summed E-state index contributed by atoms with van der Waals surface area (Å²) in [5.74, 6) is -0.889. The number of nitrogens with one attached hydrogen (secondary N) is 1. The number of aliphatic carboxylic acids is 1. The first-order valence-corrected chi connectivity index (χ1v) is 6.08. The van der Waals surface area contributed by atoms with E-state index < -0.39 is 5.97 Å². The van der Waals surface area contributed by atoms with E-state index in [1.54, 1.807) is 11.4 Å². The monoisotopic (exact) mass is 268 g/mol. The summed E-state index contributed by atoms with van der Waals surface area (Å²) < 4.78 is 0. The van der Waals surface area contributed by atoms with Crippen LogP contribution in [0.1, 0.15) is 5.69 Å². The Bertz CT molecular complexity index is 542. The highest BCUT2D eigenvalue weighted by Crippen LogP contribution is 2.26. The summed E-state index contributed by atoms with van der Waals surface area (Å²) in [4.78, 5) is 14.7. The Labute approximate surface area is 107 Å². The number of hydrogen-bond donors (Lipinski definition) is 2. The van der Waals surface area contributed by atoms with Gasteiger partial charge >= 0.3 is 5.97 Å².